The van der Waals surface area contributed by atoms with Crippen LogP contribution in [0.1, 0.15) is 62.0 Å². The van der Waals surface area contributed by atoms with E-state index in [1.165, 1.54) is 0 Å². The van der Waals surface area contributed by atoms with E-state index in [1.54, 1.807) is 33.1 Å². The van der Waals surface area contributed by atoms with Crippen molar-refractivity contribution in [2.45, 2.75) is 73.9 Å². The van der Waals surface area contributed by atoms with Gasteiger partial charge in [-0.3, -0.25) is 15.1 Å². The smallest absolute Gasteiger partial charge is 0.333 e. The minimum absolute atomic E-state index is 0.0178. The van der Waals surface area contributed by atoms with Gasteiger partial charge in [0.05, 0.1) is 57.0 Å². The maximum Gasteiger partial charge on any atom is 0.333 e. The van der Waals surface area contributed by atoms with Crippen LogP contribution in [0.2, 0.25) is 0 Å². The Kier molecular flexibility index (Phi) is 8.24. The number of phenolic OH excluding ortho intramolecular Hbond substituents is 1. The number of aromatic amines is 1. The van der Waals surface area contributed by atoms with Crippen LogP contribution in [-0.2, 0) is 27.9 Å². The SMILES string of the molecule is COc1ccc2[nH]c3c(c2c1)C[C@H](CO)N[C@]31CS[C@@H]2c3c(OC)c(C)c4c(c3[C@H](COC1=O)N1C2C2c3c(cc(C)c(OC)c3O)C[C@H]([C@@H]1O)N2C)OCO4. The van der Waals surface area contributed by atoms with Crippen LogP contribution >= 0.6 is 11.8 Å². The van der Waals surface area contributed by atoms with E-state index in [0.717, 1.165) is 49.8 Å². The zero-order valence-electron chi connectivity index (χ0n) is 32.1. The number of aliphatic hydroxyl groups excluding tert-OH is 2. The number of nitrogens with one attached hydrogen (secondary N) is 2. The first-order chi connectivity index (χ1) is 27.1. The van der Waals surface area contributed by atoms with Gasteiger partial charge in [0.25, 0.3) is 0 Å². The number of carbonyl (C=O) groups excluding carboxylic acids is 1. The number of H-pyrrole nitrogens is 1. The monoisotopic (exact) mass is 786 g/mol. The molecule has 0 aliphatic carbocycles. The lowest BCUT2D eigenvalue weighted by atomic mass is 9.73. The van der Waals surface area contributed by atoms with Crippen LogP contribution in [0.5, 0.6) is 34.5 Å². The molecule has 1 aromatic heterocycles. The Balaban J connectivity index is 1.22. The first kappa shape index (κ1) is 36.0. The van der Waals surface area contributed by atoms with E-state index >= 15 is 0 Å². The van der Waals surface area contributed by atoms with E-state index in [0.29, 0.717) is 47.3 Å². The quantitative estimate of drug-likeness (QED) is 0.190. The number of aliphatic hydroxyl groups is 2. The third-order valence-corrected chi connectivity index (χ3v) is 14.7. The van der Waals surface area contributed by atoms with E-state index in [2.05, 4.69) is 26.2 Å². The molecule has 56 heavy (non-hydrogen) atoms. The largest absolute Gasteiger partial charge is 0.504 e. The van der Waals surface area contributed by atoms with Crippen molar-refractivity contribution in [3.8, 4) is 34.5 Å². The number of aryl methyl sites for hydroxylation is 1. The number of benzene rings is 3. The van der Waals surface area contributed by atoms with Crippen LogP contribution in [0, 0.1) is 13.8 Å². The third kappa shape index (κ3) is 4.66. The van der Waals surface area contributed by atoms with Crippen LogP contribution in [0.4, 0.5) is 0 Å². The van der Waals surface area contributed by atoms with Crippen molar-refractivity contribution in [1.29, 1.82) is 0 Å². The Labute approximate surface area is 327 Å². The summed E-state index contributed by atoms with van der Waals surface area (Å²) < 4.78 is 36.5. The van der Waals surface area contributed by atoms with Gasteiger partial charge in [0.2, 0.25) is 6.79 Å². The summed E-state index contributed by atoms with van der Waals surface area (Å²) in [5, 5.41) is 39.4. The van der Waals surface area contributed by atoms with Gasteiger partial charge >= 0.3 is 5.97 Å². The number of aromatic hydroxyl groups is 1. The number of aromatic nitrogens is 1. The Morgan fingerprint density at radius 1 is 1.00 bits per heavy atom. The molecule has 4 bridgehead atoms. The van der Waals surface area contributed by atoms with Crippen molar-refractivity contribution in [2.24, 2.45) is 0 Å². The highest BCUT2D eigenvalue weighted by molar-refractivity contribution is 7.99. The third-order valence-electron chi connectivity index (χ3n) is 13.2. The number of rotatable bonds is 4. The van der Waals surface area contributed by atoms with Crippen molar-refractivity contribution in [2.75, 3.05) is 54.1 Å². The predicted octanol–water partition coefficient (Wildman–Crippen LogP) is 3.63. The van der Waals surface area contributed by atoms with Gasteiger partial charge in [0.15, 0.2) is 28.5 Å². The van der Waals surface area contributed by atoms with E-state index in [1.807, 2.05) is 39.1 Å². The molecular weight excluding hydrogens is 741 g/mol. The molecule has 8 heterocycles. The van der Waals surface area contributed by atoms with Crippen molar-refractivity contribution in [3.05, 3.63) is 68.9 Å². The number of ether oxygens (including phenoxy) is 6. The first-order valence-electron chi connectivity index (χ1n) is 19.0. The molecule has 2 unspecified atom stereocenters. The molecule has 1 spiro atoms. The lowest BCUT2D eigenvalue weighted by Gasteiger charge is -2.62. The van der Waals surface area contributed by atoms with Crippen molar-refractivity contribution in [3.63, 3.8) is 0 Å². The fourth-order valence-corrected chi connectivity index (χ4v) is 12.5. The summed E-state index contributed by atoms with van der Waals surface area (Å²) in [5.41, 5.74) is 6.00. The molecule has 2 saturated heterocycles. The first-order valence-corrected chi connectivity index (χ1v) is 20.0. The van der Waals surface area contributed by atoms with Gasteiger partial charge in [-0.2, -0.15) is 0 Å². The molecule has 2 fully saturated rings. The molecule has 7 aliphatic rings. The van der Waals surface area contributed by atoms with E-state index in [-0.39, 0.29) is 37.6 Å². The Morgan fingerprint density at radius 3 is 2.54 bits per heavy atom. The maximum absolute atomic E-state index is 15.0. The highest BCUT2D eigenvalue weighted by atomic mass is 32.2. The lowest BCUT2D eigenvalue weighted by molar-refractivity contribution is -0.186. The van der Waals surface area contributed by atoms with Crippen LogP contribution in [0.15, 0.2) is 24.3 Å². The van der Waals surface area contributed by atoms with E-state index in [9.17, 15) is 20.1 Å². The summed E-state index contributed by atoms with van der Waals surface area (Å²) in [4.78, 5) is 22.8. The highest BCUT2D eigenvalue weighted by Crippen LogP contribution is 2.64. The zero-order valence-corrected chi connectivity index (χ0v) is 32.9. The van der Waals surface area contributed by atoms with Gasteiger partial charge in [0.1, 0.15) is 24.3 Å². The van der Waals surface area contributed by atoms with Gasteiger partial charge < -0.3 is 48.7 Å². The van der Waals surface area contributed by atoms with Crippen LogP contribution in [0.3, 0.4) is 0 Å². The van der Waals surface area contributed by atoms with Crippen molar-refractivity contribution < 1.29 is 48.5 Å². The lowest BCUT2D eigenvalue weighted by Crippen LogP contribution is -2.70. The molecule has 296 valence electrons. The molecule has 8 atom stereocenters. The summed E-state index contributed by atoms with van der Waals surface area (Å²) in [6, 6.07) is 5.47. The number of carbonyl (C=O) groups is 1. The molecular formula is C41H46N4O10S. The van der Waals surface area contributed by atoms with Gasteiger partial charge in [-0.15, -0.1) is 11.8 Å². The number of phenols is 1. The molecule has 3 aromatic carbocycles. The van der Waals surface area contributed by atoms with E-state index < -0.39 is 47.2 Å². The maximum atomic E-state index is 15.0. The second-order valence-electron chi connectivity index (χ2n) is 15.8. The number of esters is 1. The summed E-state index contributed by atoms with van der Waals surface area (Å²) in [6.45, 7) is 3.56. The average Bonchev–Trinajstić information content (AvgIpc) is 3.84. The van der Waals surface area contributed by atoms with Crippen LogP contribution in [0.25, 0.3) is 10.9 Å². The second-order valence-corrected chi connectivity index (χ2v) is 16.9. The van der Waals surface area contributed by atoms with Gasteiger partial charge in [-0.25, -0.2) is 4.79 Å². The summed E-state index contributed by atoms with van der Waals surface area (Å²) in [5.74, 6) is 2.64. The average molecular weight is 787 g/mol. The zero-order chi connectivity index (χ0) is 38.9. The molecule has 7 aliphatic heterocycles. The number of methoxy groups -OCH3 is 3. The highest BCUT2D eigenvalue weighted by Gasteiger charge is 2.62. The van der Waals surface area contributed by atoms with Gasteiger partial charge in [0, 0.05) is 51.0 Å². The molecule has 15 heteroatoms. The van der Waals surface area contributed by atoms with Crippen molar-refractivity contribution >= 4 is 28.6 Å². The minimum atomic E-state index is -1.40. The molecule has 4 aromatic rings. The van der Waals surface area contributed by atoms with E-state index in [4.69, 9.17) is 28.4 Å². The molecule has 0 saturated carbocycles. The molecule has 14 nitrogen and oxygen atoms in total. The molecule has 0 radical (unpaired) electrons. The molecule has 11 rings (SSSR count). The van der Waals surface area contributed by atoms with Crippen molar-refractivity contribution in [1.82, 2.24) is 20.1 Å². The van der Waals surface area contributed by atoms with Gasteiger partial charge in [-0.05, 0) is 68.6 Å². The second kappa shape index (κ2) is 12.8. The topological polar surface area (TPSA) is 167 Å². The standard InChI is InChI=1S/C41H46N4O10S/c1-17-9-19-10-25-39(48)45-26-14-53-40(49)41(38-23(11-20(13-46)43-41)22-12-21(50-4)7-8-24(22)42-38)15-56-37(31(45)30(44(25)3)27(19)32(47)33(17)51-5)29-28(26)36-35(54-16-55-36)18(2)34(29)52-6/h7-9,12,20,25-26,30-31,37,39,42-43,46-48H,10-11,13-16H2,1-6H3/t20-,25-,26+,30?,31?,37-,39+,41-/m1/s1. The Bertz CT molecular complexity index is 2320. The number of piperazine rings is 1. The summed E-state index contributed by atoms with van der Waals surface area (Å²) >= 11 is 1.56. The molecule has 0 amide bonds. The number of nitrogens with zero attached hydrogens (tertiary/aromatic N) is 2. The summed E-state index contributed by atoms with van der Waals surface area (Å²) in [6.07, 6.45) is -0.0154. The molecule has 5 N–H and O–H groups in total. The fourth-order valence-electron chi connectivity index (χ4n) is 10.8. The fraction of sp³-hybridized carbons (Fsp3) is 0.488. The number of hydrogen-bond donors (Lipinski definition) is 5. The Hall–Kier alpha value is -4.38. The predicted molar refractivity (Wildman–Crippen MR) is 206 cm³/mol. The van der Waals surface area contributed by atoms with Gasteiger partial charge in [-0.1, -0.05) is 6.07 Å². The number of fused-ring (bicyclic) bond motifs is 11. The minimum Gasteiger partial charge on any atom is -0.504 e. The number of likely N-dealkylation sites (N-methyl/N-ethyl adjacent to an activating group) is 1. The Morgan fingerprint density at radius 2 is 1.79 bits per heavy atom. The number of hydrogen-bond acceptors (Lipinski definition) is 14. The van der Waals surface area contributed by atoms with Crippen LogP contribution < -0.4 is 29.0 Å². The summed E-state index contributed by atoms with van der Waals surface area (Å²) in [7, 11) is 6.84. The number of thioether (sulfide) groups is 1. The normalized spacial score (nSPS) is 30.4. The van der Waals surface area contributed by atoms with Crippen LogP contribution in [-0.4, -0.2) is 115 Å².